The average Bonchev–Trinajstić information content (AvgIpc) is 2.32. The molecule has 0 amide bonds. The van der Waals surface area contributed by atoms with E-state index in [2.05, 4.69) is 12.2 Å². The van der Waals surface area contributed by atoms with E-state index in [0.717, 1.165) is 12.5 Å². The fourth-order valence-corrected chi connectivity index (χ4v) is 2.89. The summed E-state index contributed by atoms with van der Waals surface area (Å²) in [5.41, 5.74) is 6.97. The average molecular weight is 271 g/mol. The molecule has 1 fully saturated rings. The highest BCUT2D eigenvalue weighted by molar-refractivity contribution is 6.31. The van der Waals surface area contributed by atoms with Gasteiger partial charge in [0.2, 0.25) is 0 Å². The molecule has 100 valence electrons. The van der Waals surface area contributed by atoms with Crippen LogP contribution in [0.2, 0.25) is 5.02 Å². The van der Waals surface area contributed by atoms with Crippen molar-refractivity contribution in [3.63, 3.8) is 0 Å². The SMILES string of the molecule is CC1CCCC(CNc2cc(F)c(Cl)cc2N)C1. The first kappa shape index (κ1) is 13.5. The fourth-order valence-electron chi connectivity index (χ4n) is 2.71. The van der Waals surface area contributed by atoms with Crippen LogP contribution >= 0.6 is 11.6 Å². The Bertz CT molecular complexity index is 423. The van der Waals surface area contributed by atoms with Crippen molar-refractivity contribution in [2.24, 2.45) is 11.8 Å². The standard InChI is InChI=1S/C14H20ClFN2/c1-9-3-2-4-10(5-9)8-18-14-7-12(16)11(15)6-13(14)17/h6-7,9-10,18H,2-5,8,17H2,1H3. The summed E-state index contributed by atoms with van der Waals surface area (Å²) in [7, 11) is 0. The lowest BCUT2D eigenvalue weighted by Crippen LogP contribution is -2.21. The summed E-state index contributed by atoms with van der Waals surface area (Å²) in [6, 6.07) is 2.84. The molecule has 0 aliphatic heterocycles. The van der Waals surface area contributed by atoms with Crippen LogP contribution in [0.5, 0.6) is 0 Å². The van der Waals surface area contributed by atoms with Crippen molar-refractivity contribution >= 4 is 23.0 Å². The van der Waals surface area contributed by atoms with E-state index in [-0.39, 0.29) is 5.02 Å². The number of nitrogens with one attached hydrogen (secondary N) is 1. The van der Waals surface area contributed by atoms with Crippen LogP contribution in [0.15, 0.2) is 12.1 Å². The number of hydrogen-bond acceptors (Lipinski definition) is 2. The second kappa shape index (κ2) is 5.79. The highest BCUT2D eigenvalue weighted by Gasteiger charge is 2.18. The van der Waals surface area contributed by atoms with E-state index in [1.807, 2.05) is 0 Å². The van der Waals surface area contributed by atoms with Gasteiger partial charge in [-0.3, -0.25) is 0 Å². The summed E-state index contributed by atoms with van der Waals surface area (Å²) in [6.07, 6.45) is 5.10. The Labute approximate surface area is 113 Å². The summed E-state index contributed by atoms with van der Waals surface area (Å²) in [5.74, 6) is 1.03. The van der Waals surface area contributed by atoms with Gasteiger partial charge < -0.3 is 11.1 Å². The lowest BCUT2D eigenvalue weighted by molar-refractivity contribution is 0.293. The first-order valence-electron chi connectivity index (χ1n) is 6.54. The molecule has 1 saturated carbocycles. The van der Waals surface area contributed by atoms with E-state index >= 15 is 0 Å². The van der Waals surface area contributed by atoms with Crippen LogP contribution in [-0.4, -0.2) is 6.54 Å². The summed E-state index contributed by atoms with van der Waals surface area (Å²) in [5, 5.41) is 3.32. The van der Waals surface area contributed by atoms with E-state index in [1.165, 1.54) is 37.8 Å². The van der Waals surface area contributed by atoms with Crippen LogP contribution in [-0.2, 0) is 0 Å². The number of nitrogens with two attached hydrogens (primary N) is 1. The van der Waals surface area contributed by atoms with Crippen molar-refractivity contribution in [3.8, 4) is 0 Å². The number of rotatable bonds is 3. The molecule has 2 rings (SSSR count). The first-order valence-corrected chi connectivity index (χ1v) is 6.92. The molecule has 2 atom stereocenters. The van der Waals surface area contributed by atoms with E-state index in [1.54, 1.807) is 0 Å². The Hall–Kier alpha value is -0.960. The van der Waals surface area contributed by atoms with Gasteiger partial charge in [-0.05, 0) is 30.7 Å². The van der Waals surface area contributed by atoms with Gasteiger partial charge in [0.05, 0.1) is 16.4 Å². The molecule has 0 spiro atoms. The van der Waals surface area contributed by atoms with Crippen molar-refractivity contribution in [1.82, 2.24) is 0 Å². The van der Waals surface area contributed by atoms with E-state index in [4.69, 9.17) is 17.3 Å². The highest BCUT2D eigenvalue weighted by atomic mass is 35.5. The van der Waals surface area contributed by atoms with Crippen molar-refractivity contribution in [2.45, 2.75) is 32.6 Å². The molecule has 1 aromatic carbocycles. The normalized spacial score (nSPS) is 23.9. The van der Waals surface area contributed by atoms with Gasteiger partial charge >= 0.3 is 0 Å². The van der Waals surface area contributed by atoms with Crippen LogP contribution < -0.4 is 11.1 Å². The lowest BCUT2D eigenvalue weighted by Gasteiger charge is -2.27. The maximum Gasteiger partial charge on any atom is 0.143 e. The molecule has 2 unspecified atom stereocenters. The molecule has 0 bridgehead atoms. The van der Waals surface area contributed by atoms with Crippen LogP contribution in [0.1, 0.15) is 32.6 Å². The monoisotopic (exact) mass is 270 g/mol. The van der Waals surface area contributed by atoms with Crippen LogP contribution in [0.25, 0.3) is 0 Å². The Balaban J connectivity index is 1.95. The molecule has 0 saturated heterocycles. The maximum absolute atomic E-state index is 13.4. The quantitative estimate of drug-likeness (QED) is 0.804. The minimum atomic E-state index is -0.426. The van der Waals surface area contributed by atoms with Gasteiger partial charge in [0.1, 0.15) is 5.82 Å². The number of benzene rings is 1. The zero-order chi connectivity index (χ0) is 13.1. The molecule has 3 N–H and O–H groups in total. The topological polar surface area (TPSA) is 38.0 Å². The molecule has 0 heterocycles. The Morgan fingerprint density at radius 1 is 1.44 bits per heavy atom. The predicted octanol–water partition coefficient (Wildman–Crippen LogP) is 4.30. The van der Waals surface area contributed by atoms with Gasteiger partial charge in [-0.25, -0.2) is 4.39 Å². The molecular formula is C14H20ClFN2. The third-order valence-electron chi connectivity index (χ3n) is 3.72. The largest absolute Gasteiger partial charge is 0.397 e. The summed E-state index contributed by atoms with van der Waals surface area (Å²) in [6.45, 7) is 3.15. The molecule has 1 aromatic rings. The summed E-state index contributed by atoms with van der Waals surface area (Å²) < 4.78 is 13.4. The molecule has 4 heteroatoms. The number of nitrogen functional groups attached to an aromatic ring is 1. The maximum atomic E-state index is 13.4. The molecule has 0 radical (unpaired) electrons. The number of hydrogen-bond donors (Lipinski definition) is 2. The van der Waals surface area contributed by atoms with Gasteiger partial charge in [-0.15, -0.1) is 0 Å². The second-order valence-corrected chi connectivity index (χ2v) is 5.78. The van der Waals surface area contributed by atoms with Gasteiger partial charge in [-0.2, -0.15) is 0 Å². The predicted molar refractivity (Wildman–Crippen MR) is 75.4 cm³/mol. The fraction of sp³-hybridized carbons (Fsp3) is 0.571. The minimum absolute atomic E-state index is 0.0735. The van der Waals surface area contributed by atoms with E-state index in [9.17, 15) is 4.39 Å². The summed E-state index contributed by atoms with van der Waals surface area (Å²) in [4.78, 5) is 0. The van der Waals surface area contributed by atoms with Crippen LogP contribution in [0.3, 0.4) is 0 Å². The van der Waals surface area contributed by atoms with Crippen molar-refractivity contribution in [1.29, 1.82) is 0 Å². The first-order chi connectivity index (χ1) is 8.56. The highest BCUT2D eigenvalue weighted by Crippen LogP contribution is 2.30. The van der Waals surface area contributed by atoms with E-state index < -0.39 is 5.82 Å². The van der Waals surface area contributed by atoms with Gasteiger partial charge in [0.25, 0.3) is 0 Å². The number of halogens is 2. The molecule has 2 nitrogen and oxygen atoms in total. The van der Waals surface area contributed by atoms with Crippen molar-refractivity contribution in [3.05, 3.63) is 23.0 Å². The second-order valence-electron chi connectivity index (χ2n) is 5.37. The molecule has 1 aliphatic carbocycles. The third kappa shape index (κ3) is 3.29. The zero-order valence-electron chi connectivity index (χ0n) is 10.7. The van der Waals surface area contributed by atoms with Crippen LogP contribution in [0.4, 0.5) is 15.8 Å². The van der Waals surface area contributed by atoms with E-state index in [0.29, 0.717) is 17.3 Å². The van der Waals surface area contributed by atoms with Gasteiger partial charge in [0, 0.05) is 12.6 Å². The zero-order valence-corrected chi connectivity index (χ0v) is 11.4. The lowest BCUT2D eigenvalue weighted by atomic mass is 9.82. The smallest absolute Gasteiger partial charge is 0.143 e. The number of anilines is 2. The molecular weight excluding hydrogens is 251 g/mol. The Kier molecular flexibility index (Phi) is 4.33. The third-order valence-corrected chi connectivity index (χ3v) is 4.01. The van der Waals surface area contributed by atoms with Gasteiger partial charge in [0.15, 0.2) is 0 Å². The Morgan fingerprint density at radius 3 is 2.94 bits per heavy atom. The van der Waals surface area contributed by atoms with Crippen molar-refractivity contribution in [2.75, 3.05) is 17.6 Å². The molecule has 0 aromatic heterocycles. The van der Waals surface area contributed by atoms with Crippen LogP contribution in [0, 0.1) is 17.7 Å². The summed E-state index contributed by atoms with van der Waals surface area (Å²) >= 11 is 5.67. The van der Waals surface area contributed by atoms with Crippen molar-refractivity contribution < 1.29 is 4.39 Å². The van der Waals surface area contributed by atoms with Gasteiger partial charge in [-0.1, -0.05) is 31.4 Å². The Morgan fingerprint density at radius 2 is 2.22 bits per heavy atom. The molecule has 18 heavy (non-hydrogen) atoms. The molecule has 1 aliphatic rings. The minimum Gasteiger partial charge on any atom is -0.397 e.